The largest absolute Gasteiger partial charge is 0.493 e. The highest BCUT2D eigenvalue weighted by Crippen LogP contribution is 2.36. The van der Waals surface area contributed by atoms with E-state index in [-0.39, 0.29) is 12.0 Å². The number of benzene rings is 1. The molecule has 17 heavy (non-hydrogen) atoms. The zero-order valence-electron chi connectivity index (χ0n) is 10.8. The van der Waals surface area contributed by atoms with E-state index in [4.69, 9.17) is 9.84 Å². The lowest BCUT2D eigenvalue weighted by atomic mass is 9.80. The third-order valence-corrected chi connectivity index (χ3v) is 3.51. The second kappa shape index (κ2) is 5.09. The third-order valence-electron chi connectivity index (χ3n) is 3.51. The van der Waals surface area contributed by atoms with Crippen LogP contribution in [0.15, 0.2) is 24.3 Å². The van der Waals surface area contributed by atoms with Crippen molar-refractivity contribution in [3.63, 3.8) is 0 Å². The molecule has 1 saturated carbocycles. The summed E-state index contributed by atoms with van der Waals surface area (Å²) < 4.78 is 5.69. The average molecular weight is 234 g/mol. The molecule has 1 aromatic rings. The Bertz CT molecular complexity index is 350. The van der Waals surface area contributed by atoms with Crippen molar-refractivity contribution in [2.75, 3.05) is 13.2 Å². The molecule has 0 bridgehead atoms. The van der Waals surface area contributed by atoms with Crippen LogP contribution in [0.25, 0.3) is 0 Å². The lowest BCUT2D eigenvalue weighted by Gasteiger charge is -2.26. The van der Waals surface area contributed by atoms with Crippen molar-refractivity contribution in [3.8, 4) is 5.75 Å². The zero-order chi connectivity index (χ0) is 12.3. The maximum atomic E-state index is 9.15. The van der Waals surface area contributed by atoms with Crippen LogP contribution in [0.2, 0.25) is 0 Å². The molecule has 1 aliphatic rings. The number of hydrogen-bond donors (Lipinski definition) is 1. The molecule has 0 aliphatic heterocycles. The van der Waals surface area contributed by atoms with Crippen LogP contribution in [0.1, 0.15) is 44.6 Å². The Morgan fingerprint density at radius 1 is 1.24 bits per heavy atom. The highest BCUT2D eigenvalue weighted by atomic mass is 16.5. The van der Waals surface area contributed by atoms with Gasteiger partial charge in [0.25, 0.3) is 0 Å². The summed E-state index contributed by atoms with van der Waals surface area (Å²) in [5, 5.41) is 9.15. The third kappa shape index (κ3) is 3.22. The van der Waals surface area contributed by atoms with E-state index in [0.29, 0.717) is 6.61 Å². The van der Waals surface area contributed by atoms with Crippen LogP contribution in [-0.4, -0.2) is 18.3 Å². The van der Waals surface area contributed by atoms with Crippen LogP contribution < -0.4 is 4.74 Å². The maximum absolute atomic E-state index is 9.15. The van der Waals surface area contributed by atoms with E-state index in [2.05, 4.69) is 12.1 Å². The van der Waals surface area contributed by atoms with Crippen LogP contribution in [0.4, 0.5) is 0 Å². The van der Waals surface area contributed by atoms with E-state index in [9.17, 15) is 0 Å². The molecular formula is C15H22O2. The molecule has 0 aromatic heterocycles. The van der Waals surface area contributed by atoms with Gasteiger partial charge in [0.05, 0.1) is 13.2 Å². The molecule has 0 spiro atoms. The summed E-state index contributed by atoms with van der Waals surface area (Å²) in [6.45, 7) is 4.69. The Labute approximate surface area is 104 Å². The molecule has 2 rings (SSSR count). The van der Waals surface area contributed by atoms with Gasteiger partial charge in [-0.05, 0) is 36.5 Å². The first-order valence-corrected chi connectivity index (χ1v) is 6.44. The Hall–Kier alpha value is -1.02. The molecule has 2 heteroatoms. The number of aliphatic hydroxyl groups excluding tert-OH is 1. The topological polar surface area (TPSA) is 29.5 Å². The number of aliphatic hydroxyl groups is 1. The van der Waals surface area contributed by atoms with Gasteiger partial charge in [-0.1, -0.05) is 32.4 Å². The van der Waals surface area contributed by atoms with Crippen LogP contribution in [0.5, 0.6) is 5.75 Å². The monoisotopic (exact) mass is 234 g/mol. The fourth-order valence-corrected chi connectivity index (χ4v) is 1.90. The molecule has 0 amide bonds. The molecule has 1 fully saturated rings. The molecule has 0 unspecified atom stereocenters. The second-order valence-corrected chi connectivity index (χ2v) is 5.81. The summed E-state index contributed by atoms with van der Waals surface area (Å²) in [6.07, 6.45) is 4.03. The molecule has 94 valence electrons. The van der Waals surface area contributed by atoms with Crippen molar-refractivity contribution >= 4 is 0 Å². The standard InChI is InChI=1S/C15H22O2/c1-15(2,10-16)11-17-14-8-6-13(7-9-14)12-4-3-5-12/h6-9,12,16H,3-5,10-11H2,1-2H3. The smallest absolute Gasteiger partial charge is 0.119 e. The second-order valence-electron chi connectivity index (χ2n) is 5.81. The summed E-state index contributed by atoms with van der Waals surface area (Å²) >= 11 is 0. The van der Waals surface area contributed by atoms with Crippen LogP contribution in [-0.2, 0) is 0 Å². The van der Waals surface area contributed by atoms with Gasteiger partial charge in [0.1, 0.15) is 5.75 Å². The van der Waals surface area contributed by atoms with Gasteiger partial charge in [-0.25, -0.2) is 0 Å². The summed E-state index contributed by atoms with van der Waals surface area (Å²) in [5.41, 5.74) is 1.26. The van der Waals surface area contributed by atoms with Gasteiger partial charge >= 0.3 is 0 Å². The minimum Gasteiger partial charge on any atom is -0.493 e. The molecule has 0 heterocycles. The van der Waals surface area contributed by atoms with Crippen molar-refractivity contribution in [3.05, 3.63) is 29.8 Å². The number of hydrogen-bond acceptors (Lipinski definition) is 2. The van der Waals surface area contributed by atoms with Gasteiger partial charge in [0, 0.05) is 5.41 Å². The van der Waals surface area contributed by atoms with E-state index in [1.54, 1.807) is 0 Å². The zero-order valence-corrected chi connectivity index (χ0v) is 10.8. The number of rotatable bonds is 5. The predicted octanol–water partition coefficient (Wildman–Crippen LogP) is 3.35. The van der Waals surface area contributed by atoms with Gasteiger partial charge in [0.15, 0.2) is 0 Å². The fraction of sp³-hybridized carbons (Fsp3) is 0.600. The van der Waals surface area contributed by atoms with Gasteiger partial charge in [-0.15, -0.1) is 0 Å². The summed E-state index contributed by atoms with van der Waals surface area (Å²) in [7, 11) is 0. The van der Waals surface area contributed by atoms with Crippen molar-refractivity contribution < 1.29 is 9.84 Å². The van der Waals surface area contributed by atoms with Crippen molar-refractivity contribution in [2.45, 2.75) is 39.0 Å². The lowest BCUT2D eigenvalue weighted by Crippen LogP contribution is -2.25. The SMILES string of the molecule is CC(C)(CO)COc1ccc(C2CCC2)cc1. The Morgan fingerprint density at radius 3 is 2.35 bits per heavy atom. The molecule has 1 N–H and O–H groups in total. The normalized spacial score (nSPS) is 16.6. The fourth-order valence-electron chi connectivity index (χ4n) is 1.90. The van der Waals surface area contributed by atoms with Gasteiger partial charge < -0.3 is 9.84 Å². The molecule has 0 radical (unpaired) electrons. The van der Waals surface area contributed by atoms with Crippen LogP contribution in [0, 0.1) is 5.41 Å². The first-order valence-electron chi connectivity index (χ1n) is 6.44. The first kappa shape index (κ1) is 12.4. The van der Waals surface area contributed by atoms with E-state index in [1.165, 1.54) is 24.8 Å². The summed E-state index contributed by atoms with van der Waals surface area (Å²) in [4.78, 5) is 0. The minimum atomic E-state index is -0.174. The molecule has 1 aromatic carbocycles. The minimum absolute atomic E-state index is 0.146. The number of ether oxygens (including phenoxy) is 1. The molecular weight excluding hydrogens is 212 g/mol. The highest BCUT2D eigenvalue weighted by molar-refractivity contribution is 5.30. The van der Waals surface area contributed by atoms with E-state index in [1.807, 2.05) is 26.0 Å². The van der Waals surface area contributed by atoms with Crippen LogP contribution in [0.3, 0.4) is 0 Å². The Balaban J connectivity index is 1.89. The maximum Gasteiger partial charge on any atom is 0.119 e. The average Bonchev–Trinajstić information content (AvgIpc) is 2.26. The summed E-state index contributed by atoms with van der Waals surface area (Å²) in [5.74, 6) is 1.67. The lowest BCUT2D eigenvalue weighted by molar-refractivity contribution is 0.0975. The van der Waals surface area contributed by atoms with Crippen LogP contribution >= 0.6 is 0 Å². The van der Waals surface area contributed by atoms with Gasteiger partial charge in [-0.3, -0.25) is 0 Å². The predicted molar refractivity (Wildman–Crippen MR) is 69.4 cm³/mol. The highest BCUT2D eigenvalue weighted by Gasteiger charge is 2.20. The van der Waals surface area contributed by atoms with Gasteiger partial charge in [-0.2, -0.15) is 0 Å². The molecule has 0 saturated heterocycles. The Kier molecular flexibility index (Phi) is 3.72. The first-order chi connectivity index (χ1) is 8.11. The van der Waals surface area contributed by atoms with E-state index in [0.717, 1.165) is 11.7 Å². The van der Waals surface area contributed by atoms with E-state index >= 15 is 0 Å². The van der Waals surface area contributed by atoms with E-state index < -0.39 is 0 Å². The van der Waals surface area contributed by atoms with Crippen molar-refractivity contribution in [1.82, 2.24) is 0 Å². The molecule has 0 atom stereocenters. The molecule has 2 nitrogen and oxygen atoms in total. The van der Waals surface area contributed by atoms with Crippen molar-refractivity contribution in [1.29, 1.82) is 0 Å². The molecule has 1 aliphatic carbocycles. The quantitative estimate of drug-likeness (QED) is 0.846. The van der Waals surface area contributed by atoms with Gasteiger partial charge in [0.2, 0.25) is 0 Å². The van der Waals surface area contributed by atoms with Crippen molar-refractivity contribution in [2.24, 2.45) is 5.41 Å². The summed E-state index contributed by atoms with van der Waals surface area (Å²) in [6, 6.07) is 8.43. The Morgan fingerprint density at radius 2 is 1.88 bits per heavy atom.